The highest BCUT2D eigenvalue weighted by Crippen LogP contribution is 2.51. The molecule has 148 valence electrons. The third-order valence-electron chi connectivity index (χ3n) is 6.74. The standard InChI is InChI=1S/C21H31N3O3/c22-9-14-27-19-15-18(25)21(19)7-12-24(13-8-21)20(26)16-5-1-2-6-17(16)23-10-3-4-11-23/h1-2,5-6,18-19,25H,3-4,7-15,22H2/t18-,19+/m1/s1. The summed E-state index contributed by atoms with van der Waals surface area (Å²) < 4.78 is 5.86. The van der Waals surface area contributed by atoms with Crippen molar-refractivity contribution in [3.63, 3.8) is 0 Å². The van der Waals surface area contributed by atoms with E-state index in [2.05, 4.69) is 11.0 Å². The van der Waals surface area contributed by atoms with Crippen molar-refractivity contribution in [2.75, 3.05) is 44.2 Å². The summed E-state index contributed by atoms with van der Waals surface area (Å²) in [5.41, 5.74) is 7.23. The van der Waals surface area contributed by atoms with Crippen LogP contribution in [0.15, 0.2) is 24.3 Å². The molecule has 0 radical (unpaired) electrons. The summed E-state index contributed by atoms with van der Waals surface area (Å²) in [7, 11) is 0. The van der Waals surface area contributed by atoms with Gasteiger partial charge in [-0.15, -0.1) is 0 Å². The van der Waals surface area contributed by atoms with Gasteiger partial charge >= 0.3 is 0 Å². The van der Waals surface area contributed by atoms with Gasteiger partial charge in [0.05, 0.1) is 24.4 Å². The molecular formula is C21H31N3O3. The maximum Gasteiger partial charge on any atom is 0.255 e. The van der Waals surface area contributed by atoms with Crippen LogP contribution < -0.4 is 10.6 Å². The van der Waals surface area contributed by atoms with Crippen LogP contribution in [0.1, 0.15) is 42.5 Å². The number of likely N-dealkylation sites (tertiary alicyclic amines) is 1. The molecule has 1 saturated carbocycles. The van der Waals surface area contributed by atoms with Gasteiger partial charge in [-0.3, -0.25) is 4.79 Å². The van der Waals surface area contributed by atoms with Gasteiger partial charge in [0.2, 0.25) is 0 Å². The number of aliphatic hydroxyl groups excluding tert-OH is 1. The molecule has 2 saturated heterocycles. The lowest BCUT2D eigenvalue weighted by atomic mass is 9.58. The van der Waals surface area contributed by atoms with E-state index in [0.29, 0.717) is 32.7 Å². The fourth-order valence-electron chi connectivity index (χ4n) is 5.01. The van der Waals surface area contributed by atoms with E-state index in [4.69, 9.17) is 10.5 Å². The maximum absolute atomic E-state index is 13.2. The summed E-state index contributed by atoms with van der Waals surface area (Å²) >= 11 is 0. The Kier molecular flexibility index (Phi) is 5.39. The third kappa shape index (κ3) is 3.35. The molecule has 0 aromatic heterocycles. The lowest BCUT2D eigenvalue weighted by Crippen LogP contribution is -2.63. The maximum atomic E-state index is 13.2. The molecule has 2 atom stereocenters. The van der Waals surface area contributed by atoms with E-state index in [9.17, 15) is 9.90 Å². The van der Waals surface area contributed by atoms with Gasteiger partial charge in [0, 0.05) is 50.2 Å². The van der Waals surface area contributed by atoms with Gasteiger partial charge < -0.3 is 25.4 Å². The molecule has 1 aromatic rings. The van der Waals surface area contributed by atoms with Crippen molar-refractivity contribution >= 4 is 11.6 Å². The van der Waals surface area contributed by atoms with Gasteiger partial charge in [0.15, 0.2) is 0 Å². The van der Waals surface area contributed by atoms with Crippen molar-refractivity contribution < 1.29 is 14.6 Å². The fraction of sp³-hybridized carbons (Fsp3) is 0.667. The van der Waals surface area contributed by atoms with Gasteiger partial charge in [-0.2, -0.15) is 0 Å². The molecule has 2 aliphatic heterocycles. The highest BCUT2D eigenvalue weighted by atomic mass is 16.5. The lowest BCUT2D eigenvalue weighted by Gasteiger charge is -2.56. The first-order valence-electron chi connectivity index (χ1n) is 10.3. The third-order valence-corrected chi connectivity index (χ3v) is 6.74. The molecule has 3 fully saturated rings. The molecule has 1 aliphatic carbocycles. The van der Waals surface area contributed by atoms with Crippen LogP contribution in [0.5, 0.6) is 0 Å². The Morgan fingerprint density at radius 1 is 1.19 bits per heavy atom. The van der Waals surface area contributed by atoms with Crippen LogP contribution in [0.25, 0.3) is 0 Å². The molecule has 3 N–H and O–H groups in total. The number of ether oxygens (including phenoxy) is 1. The van der Waals surface area contributed by atoms with Gasteiger partial charge in [0.1, 0.15) is 0 Å². The van der Waals surface area contributed by atoms with Crippen molar-refractivity contribution in [3.05, 3.63) is 29.8 Å². The Balaban J connectivity index is 1.44. The molecule has 3 aliphatic rings. The highest BCUT2D eigenvalue weighted by Gasteiger charge is 2.56. The number of benzene rings is 1. The SMILES string of the molecule is NCCO[C@H]1C[C@@H](O)C12CCN(C(=O)c1ccccc1N1CCCC1)CC2. The average Bonchev–Trinajstić information content (AvgIpc) is 3.25. The van der Waals surface area contributed by atoms with Crippen LogP contribution in [-0.2, 0) is 4.74 Å². The monoisotopic (exact) mass is 373 g/mol. The number of nitrogens with zero attached hydrogens (tertiary/aromatic N) is 2. The zero-order chi connectivity index (χ0) is 18.9. The van der Waals surface area contributed by atoms with Crippen LogP contribution in [-0.4, -0.2) is 67.5 Å². The first kappa shape index (κ1) is 18.7. The van der Waals surface area contributed by atoms with E-state index in [1.807, 2.05) is 23.1 Å². The molecule has 0 unspecified atom stereocenters. The second kappa shape index (κ2) is 7.78. The number of amides is 1. The van der Waals surface area contributed by atoms with E-state index < -0.39 is 0 Å². The van der Waals surface area contributed by atoms with Crippen LogP contribution >= 0.6 is 0 Å². The molecule has 1 aromatic carbocycles. The van der Waals surface area contributed by atoms with Crippen LogP contribution in [0.2, 0.25) is 0 Å². The molecule has 27 heavy (non-hydrogen) atoms. The van der Waals surface area contributed by atoms with E-state index in [-0.39, 0.29) is 23.5 Å². The first-order chi connectivity index (χ1) is 13.2. The van der Waals surface area contributed by atoms with Gasteiger partial charge in [-0.05, 0) is 37.8 Å². The summed E-state index contributed by atoms with van der Waals surface area (Å²) in [5, 5.41) is 10.4. The van der Waals surface area contributed by atoms with Crippen LogP contribution in [0.4, 0.5) is 5.69 Å². The number of rotatable bonds is 5. The Morgan fingerprint density at radius 3 is 2.56 bits per heavy atom. The Morgan fingerprint density at radius 2 is 1.89 bits per heavy atom. The number of hydrogen-bond donors (Lipinski definition) is 2. The lowest BCUT2D eigenvalue weighted by molar-refractivity contribution is -0.207. The van der Waals surface area contributed by atoms with Gasteiger partial charge in [-0.1, -0.05) is 12.1 Å². The molecule has 2 heterocycles. The molecule has 6 heteroatoms. The zero-order valence-corrected chi connectivity index (χ0v) is 16.0. The van der Waals surface area contributed by atoms with Crippen LogP contribution in [0, 0.1) is 5.41 Å². The summed E-state index contributed by atoms with van der Waals surface area (Å²) in [6.45, 7) is 4.44. The van der Waals surface area contributed by atoms with Crippen molar-refractivity contribution in [1.82, 2.24) is 4.90 Å². The molecule has 0 bridgehead atoms. The van der Waals surface area contributed by atoms with Crippen LogP contribution in [0.3, 0.4) is 0 Å². The minimum absolute atomic E-state index is 0.0742. The largest absolute Gasteiger partial charge is 0.392 e. The Bertz CT molecular complexity index is 666. The number of hydrogen-bond acceptors (Lipinski definition) is 5. The predicted molar refractivity (Wildman–Crippen MR) is 105 cm³/mol. The number of aliphatic hydroxyl groups is 1. The number of anilines is 1. The minimum atomic E-state index is -0.325. The molecule has 6 nitrogen and oxygen atoms in total. The molecule has 1 amide bonds. The normalized spacial score (nSPS) is 27.0. The summed E-state index contributed by atoms with van der Waals surface area (Å²) in [5.74, 6) is 0.112. The number of carbonyl (C=O) groups excluding carboxylic acids is 1. The minimum Gasteiger partial charge on any atom is -0.392 e. The first-order valence-corrected chi connectivity index (χ1v) is 10.3. The second-order valence-electron chi connectivity index (χ2n) is 8.14. The fourth-order valence-corrected chi connectivity index (χ4v) is 5.01. The summed E-state index contributed by atoms with van der Waals surface area (Å²) in [4.78, 5) is 17.5. The van der Waals surface area contributed by atoms with Crippen molar-refractivity contribution in [1.29, 1.82) is 0 Å². The van der Waals surface area contributed by atoms with Crippen molar-refractivity contribution in [2.45, 2.75) is 44.3 Å². The van der Waals surface area contributed by atoms with Crippen molar-refractivity contribution in [2.24, 2.45) is 11.1 Å². The quantitative estimate of drug-likeness (QED) is 0.820. The Labute approximate surface area is 161 Å². The van der Waals surface area contributed by atoms with E-state index >= 15 is 0 Å². The summed E-state index contributed by atoms with van der Waals surface area (Å²) in [6, 6.07) is 7.98. The number of carbonyl (C=O) groups is 1. The van der Waals surface area contributed by atoms with Crippen molar-refractivity contribution in [3.8, 4) is 0 Å². The Hall–Kier alpha value is -1.63. The topological polar surface area (TPSA) is 79.0 Å². The van der Waals surface area contributed by atoms with E-state index in [1.54, 1.807) is 0 Å². The summed E-state index contributed by atoms with van der Waals surface area (Å²) in [6.07, 6.45) is 4.40. The molecule has 1 spiro atoms. The van der Waals surface area contributed by atoms with Gasteiger partial charge in [-0.25, -0.2) is 0 Å². The molecule has 4 rings (SSSR count). The number of nitrogens with two attached hydrogens (primary N) is 1. The van der Waals surface area contributed by atoms with E-state index in [1.165, 1.54) is 12.8 Å². The smallest absolute Gasteiger partial charge is 0.255 e. The predicted octanol–water partition coefficient (Wildman–Crippen LogP) is 1.62. The van der Waals surface area contributed by atoms with E-state index in [0.717, 1.165) is 37.2 Å². The number of piperidine rings is 1. The molecular weight excluding hydrogens is 342 g/mol. The zero-order valence-electron chi connectivity index (χ0n) is 16.0. The second-order valence-corrected chi connectivity index (χ2v) is 8.14. The highest BCUT2D eigenvalue weighted by molar-refractivity contribution is 6.00. The average molecular weight is 373 g/mol. The van der Waals surface area contributed by atoms with Gasteiger partial charge in [0.25, 0.3) is 5.91 Å². The number of para-hydroxylation sites is 1.